The maximum Gasteiger partial charge on any atom is 0.230 e. The van der Waals surface area contributed by atoms with E-state index < -0.39 is 0 Å². The number of hydrogen-bond donors (Lipinski definition) is 1. The Bertz CT molecular complexity index is 977. The molecular formula is C19H16BrClN2O3S. The highest BCUT2D eigenvalue weighted by atomic mass is 79.9. The number of halogens is 2. The average Bonchev–Trinajstić information content (AvgIpc) is 3.11. The van der Waals surface area contributed by atoms with E-state index in [-0.39, 0.29) is 12.3 Å². The number of benzene rings is 2. The number of rotatable bonds is 6. The van der Waals surface area contributed by atoms with Crippen LogP contribution < -0.4 is 14.8 Å². The number of carbonyl (C=O) groups excluding carboxylic acids is 1. The van der Waals surface area contributed by atoms with Crippen LogP contribution in [0.2, 0.25) is 5.02 Å². The predicted molar refractivity (Wildman–Crippen MR) is 112 cm³/mol. The summed E-state index contributed by atoms with van der Waals surface area (Å²) >= 11 is 10.9. The van der Waals surface area contributed by atoms with E-state index in [1.165, 1.54) is 11.3 Å². The van der Waals surface area contributed by atoms with Crippen molar-refractivity contribution >= 4 is 50.5 Å². The van der Waals surface area contributed by atoms with Gasteiger partial charge in [-0.05, 0) is 36.4 Å². The van der Waals surface area contributed by atoms with Gasteiger partial charge in [-0.25, -0.2) is 4.98 Å². The third-order valence-corrected chi connectivity index (χ3v) is 5.48. The molecule has 1 aromatic heterocycles. The van der Waals surface area contributed by atoms with E-state index in [0.29, 0.717) is 27.9 Å². The van der Waals surface area contributed by atoms with Crippen LogP contribution in [-0.2, 0) is 11.2 Å². The number of aromatic nitrogens is 1. The first-order valence-corrected chi connectivity index (χ1v) is 9.97. The predicted octanol–water partition coefficient (Wildman–Crippen LogP) is 5.42. The molecule has 0 radical (unpaired) electrons. The number of ether oxygens (including phenoxy) is 2. The van der Waals surface area contributed by atoms with Crippen LogP contribution in [0, 0.1) is 0 Å². The van der Waals surface area contributed by atoms with E-state index in [2.05, 4.69) is 26.2 Å². The van der Waals surface area contributed by atoms with Gasteiger partial charge in [-0.1, -0.05) is 27.5 Å². The third-order valence-electron chi connectivity index (χ3n) is 3.73. The highest BCUT2D eigenvalue weighted by molar-refractivity contribution is 9.10. The first kappa shape index (κ1) is 19.7. The third kappa shape index (κ3) is 4.80. The highest BCUT2D eigenvalue weighted by Gasteiger charge is 2.13. The number of nitrogens with zero attached hydrogens (tertiary/aromatic N) is 1. The second-order valence-corrected chi connectivity index (χ2v) is 7.74. The van der Waals surface area contributed by atoms with Crippen LogP contribution in [0.25, 0.3) is 10.6 Å². The van der Waals surface area contributed by atoms with Gasteiger partial charge in [0.05, 0.1) is 37.0 Å². The largest absolute Gasteiger partial charge is 0.493 e. The first-order chi connectivity index (χ1) is 13.0. The monoisotopic (exact) mass is 466 g/mol. The Morgan fingerprint density at radius 2 is 1.96 bits per heavy atom. The standard InChI is InChI=1S/C19H16BrClN2O3S/c1-25-16-6-3-11(7-17(16)26-2)19-22-13(10-27-19)9-18(24)23-15-5-4-12(20)8-14(15)21/h3-8,10H,9H2,1-2H3,(H,23,24). The molecule has 8 heteroatoms. The Kier molecular flexibility index (Phi) is 6.36. The van der Waals surface area contributed by atoms with Crippen molar-refractivity contribution in [2.45, 2.75) is 6.42 Å². The van der Waals surface area contributed by atoms with Gasteiger partial charge in [-0.15, -0.1) is 11.3 Å². The van der Waals surface area contributed by atoms with Crippen LogP contribution in [0.1, 0.15) is 5.69 Å². The number of anilines is 1. The Hall–Kier alpha value is -2.09. The summed E-state index contributed by atoms with van der Waals surface area (Å²) in [6.45, 7) is 0. The van der Waals surface area contributed by atoms with E-state index in [9.17, 15) is 4.79 Å². The van der Waals surface area contributed by atoms with Crippen molar-refractivity contribution in [3.63, 3.8) is 0 Å². The van der Waals surface area contributed by atoms with Crippen LogP contribution >= 0.6 is 38.9 Å². The van der Waals surface area contributed by atoms with Crippen molar-refractivity contribution in [2.24, 2.45) is 0 Å². The Balaban J connectivity index is 1.71. The Morgan fingerprint density at radius 1 is 1.19 bits per heavy atom. The molecule has 0 saturated carbocycles. The lowest BCUT2D eigenvalue weighted by molar-refractivity contribution is -0.115. The van der Waals surface area contributed by atoms with Gasteiger partial charge in [0.1, 0.15) is 5.01 Å². The molecule has 1 amide bonds. The van der Waals surface area contributed by atoms with E-state index >= 15 is 0 Å². The molecule has 0 fully saturated rings. The molecule has 0 aliphatic heterocycles. The van der Waals surface area contributed by atoms with Gasteiger partial charge in [0.15, 0.2) is 11.5 Å². The van der Waals surface area contributed by atoms with E-state index in [4.69, 9.17) is 21.1 Å². The number of carbonyl (C=O) groups is 1. The minimum atomic E-state index is -0.177. The second kappa shape index (κ2) is 8.73. The molecule has 2 aromatic carbocycles. The number of nitrogens with one attached hydrogen (secondary N) is 1. The number of methoxy groups -OCH3 is 2. The van der Waals surface area contributed by atoms with Crippen LogP contribution in [0.15, 0.2) is 46.3 Å². The first-order valence-electron chi connectivity index (χ1n) is 7.92. The average molecular weight is 468 g/mol. The SMILES string of the molecule is COc1ccc(-c2nc(CC(=O)Nc3ccc(Br)cc3Cl)cs2)cc1OC. The Morgan fingerprint density at radius 3 is 2.67 bits per heavy atom. The Labute approximate surface area is 174 Å². The lowest BCUT2D eigenvalue weighted by Gasteiger charge is -2.08. The van der Waals surface area contributed by atoms with Crippen LogP contribution in [-0.4, -0.2) is 25.1 Å². The maximum absolute atomic E-state index is 12.3. The smallest absolute Gasteiger partial charge is 0.230 e. The van der Waals surface area contributed by atoms with Gasteiger partial charge < -0.3 is 14.8 Å². The molecule has 0 aliphatic carbocycles. The number of thiazole rings is 1. The molecule has 0 unspecified atom stereocenters. The lowest BCUT2D eigenvalue weighted by atomic mass is 10.2. The van der Waals surface area contributed by atoms with Gasteiger partial charge in [-0.3, -0.25) is 4.79 Å². The van der Waals surface area contributed by atoms with Crippen LogP contribution in [0.3, 0.4) is 0 Å². The molecule has 3 aromatic rings. The molecule has 27 heavy (non-hydrogen) atoms. The molecule has 1 N–H and O–H groups in total. The van der Waals surface area contributed by atoms with E-state index in [1.807, 2.05) is 29.6 Å². The molecule has 5 nitrogen and oxygen atoms in total. The van der Waals surface area contributed by atoms with Crippen molar-refractivity contribution in [3.8, 4) is 22.1 Å². The zero-order chi connectivity index (χ0) is 19.4. The van der Waals surface area contributed by atoms with Crippen LogP contribution in [0.4, 0.5) is 5.69 Å². The zero-order valence-electron chi connectivity index (χ0n) is 14.6. The topological polar surface area (TPSA) is 60.5 Å². The lowest BCUT2D eigenvalue weighted by Crippen LogP contribution is -2.14. The summed E-state index contributed by atoms with van der Waals surface area (Å²) in [6, 6.07) is 10.9. The highest BCUT2D eigenvalue weighted by Crippen LogP contribution is 2.33. The summed E-state index contributed by atoms with van der Waals surface area (Å²) in [4.78, 5) is 16.8. The zero-order valence-corrected chi connectivity index (χ0v) is 17.7. The summed E-state index contributed by atoms with van der Waals surface area (Å²) < 4.78 is 11.4. The number of amides is 1. The van der Waals surface area contributed by atoms with Gasteiger partial charge >= 0.3 is 0 Å². The summed E-state index contributed by atoms with van der Waals surface area (Å²) in [7, 11) is 3.18. The fourth-order valence-corrected chi connectivity index (χ4v) is 3.98. The molecule has 0 spiro atoms. The van der Waals surface area contributed by atoms with Gasteiger partial charge in [0, 0.05) is 15.4 Å². The quantitative estimate of drug-likeness (QED) is 0.525. The van der Waals surface area contributed by atoms with Gasteiger partial charge in [0.25, 0.3) is 0 Å². The molecule has 0 saturated heterocycles. The second-order valence-electron chi connectivity index (χ2n) is 5.56. The van der Waals surface area contributed by atoms with E-state index in [1.54, 1.807) is 26.4 Å². The fraction of sp³-hybridized carbons (Fsp3) is 0.158. The van der Waals surface area contributed by atoms with Crippen LogP contribution in [0.5, 0.6) is 11.5 Å². The minimum absolute atomic E-state index is 0.163. The van der Waals surface area contributed by atoms with Crippen molar-refractivity contribution in [1.82, 2.24) is 4.98 Å². The van der Waals surface area contributed by atoms with E-state index in [0.717, 1.165) is 15.0 Å². The van der Waals surface area contributed by atoms with Gasteiger partial charge in [-0.2, -0.15) is 0 Å². The molecule has 140 valence electrons. The van der Waals surface area contributed by atoms with Crippen molar-refractivity contribution in [2.75, 3.05) is 19.5 Å². The normalized spacial score (nSPS) is 10.5. The summed E-state index contributed by atoms with van der Waals surface area (Å²) in [5.41, 5.74) is 2.16. The number of hydrogen-bond acceptors (Lipinski definition) is 5. The molecule has 3 rings (SSSR count). The fourth-order valence-electron chi connectivity index (χ4n) is 2.44. The summed E-state index contributed by atoms with van der Waals surface area (Å²) in [6.07, 6.45) is 0.163. The molecule has 0 bridgehead atoms. The maximum atomic E-state index is 12.3. The molecule has 0 aliphatic rings. The van der Waals surface area contributed by atoms with Crippen molar-refractivity contribution in [3.05, 3.63) is 57.0 Å². The van der Waals surface area contributed by atoms with Crippen molar-refractivity contribution < 1.29 is 14.3 Å². The summed E-state index contributed by atoms with van der Waals surface area (Å²) in [5, 5.41) is 5.95. The minimum Gasteiger partial charge on any atom is -0.493 e. The van der Waals surface area contributed by atoms with Crippen molar-refractivity contribution in [1.29, 1.82) is 0 Å². The molecule has 1 heterocycles. The molecular weight excluding hydrogens is 452 g/mol. The molecule has 0 atom stereocenters. The summed E-state index contributed by atoms with van der Waals surface area (Å²) in [5.74, 6) is 1.11. The van der Waals surface area contributed by atoms with Gasteiger partial charge in [0.2, 0.25) is 5.91 Å².